The third-order valence-electron chi connectivity index (χ3n) is 4.04. The first-order valence-electron chi connectivity index (χ1n) is 7.27. The summed E-state index contributed by atoms with van der Waals surface area (Å²) in [6.45, 7) is 8.78. The number of hydrogen-bond acceptors (Lipinski definition) is 3. The van der Waals surface area contributed by atoms with Gasteiger partial charge in [0.05, 0.1) is 4.99 Å². The van der Waals surface area contributed by atoms with Gasteiger partial charge in [-0.1, -0.05) is 38.2 Å². The molecule has 4 heteroatoms. The van der Waals surface area contributed by atoms with Crippen LogP contribution in [0.25, 0.3) is 0 Å². The van der Waals surface area contributed by atoms with E-state index in [0.29, 0.717) is 11.4 Å². The molecule has 1 aromatic carbocycles. The van der Waals surface area contributed by atoms with Gasteiger partial charge >= 0.3 is 0 Å². The van der Waals surface area contributed by atoms with Crippen LogP contribution in [0, 0.1) is 11.8 Å². The van der Waals surface area contributed by atoms with E-state index in [0.717, 1.165) is 36.3 Å². The smallest absolute Gasteiger partial charge is 0.119 e. The lowest BCUT2D eigenvalue weighted by Gasteiger charge is -2.15. The molecule has 1 heterocycles. The van der Waals surface area contributed by atoms with Gasteiger partial charge in [0, 0.05) is 26.1 Å². The number of ether oxygens (including phenoxy) is 1. The summed E-state index contributed by atoms with van der Waals surface area (Å²) >= 11 is 4.90. The fourth-order valence-corrected chi connectivity index (χ4v) is 2.80. The van der Waals surface area contributed by atoms with E-state index in [4.69, 9.17) is 22.7 Å². The SMILES string of the molecule is CC1CN(CCOc2ccc(CC(N)=S)cc2)CC1C. The number of nitrogens with two attached hydrogens (primary N) is 1. The normalized spacial score (nSPS) is 22.9. The molecule has 0 radical (unpaired) electrons. The predicted octanol–water partition coefficient (Wildman–Crippen LogP) is 2.48. The summed E-state index contributed by atoms with van der Waals surface area (Å²) in [5, 5.41) is 0. The fraction of sp³-hybridized carbons (Fsp3) is 0.562. The Bertz CT molecular complexity index is 436. The average Bonchev–Trinajstić information content (AvgIpc) is 2.70. The lowest BCUT2D eigenvalue weighted by atomic mass is 10.0. The minimum Gasteiger partial charge on any atom is -0.492 e. The van der Waals surface area contributed by atoms with Crippen molar-refractivity contribution >= 4 is 17.2 Å². The maximum atomic E-state index is 5.79. The third kappa shape index (κ3) is 4.46. The van der Waals surface area contributed by atoms with Crippen molar-refractivity contribution in [1.29, 1.82) is 0 Å². The van der Waals surface area contributed by atoms with E-state index in [1.54, 1.807) is 0 Å². The lowest BCUT2D eigenvalue weighted by molar-refractivity contribution is 0.232. The van der Waals surface area contributed by atoms with Gasteiger partial charge in [0.15, 0.2) is 0 Å². The Morgan fingerprint density at radius 1 is 1.25 bits per heavy atom. The highest BCUT2D eigenvalue weighted by Gasteiger charge is 2.25. The fourth-order valence-electron chi connectivity index (χ4n) is 2.63. The molecule has 1 fully saturated rings. The second-order valence-corrected chi connectivity index (χ2v) is 6.37. The summed E-state index contributed by atoms with van der Waals surface area (Å²) < 4.78 is 5.79. The molecule has 2 unspecified atom stereocenters. The van der Waals surface area contributed by atoms with E-state index in [-0.39, 0.29) is 0 Å². The van der Waals surface area contributed by atoms with Gasteiger partial charge in [0.2, 0.25) is 0 Å². The highest BCUT2D eigenvalue weighted by atomic mass is 32.1. The molecule has 2 N–H and O–H groups in total. The number of nitrogens with zero attached hydrogens (tertiary/aromatic N) is 1. The first-order chi connectivity index (χ1) is 9.54. The summed E-state index contributed by atoms with van der Waals surface area (Å²) in [6.07, 6.45) is 0.652. The minimum absolute atomic E-state index is 0.524. The summed E-state index contributed by atoms with van der Waals surface area (Å²) in [5.41, 5.74) is 6.66. The molecule has 0 aromatic heterocycles. The summed E-state index contributed by atoms with van der Waals surface area (Å²) in [6, 6.07) is 8.02. The molecule has 2 atom stereocenters. The Morgan fingerprint density at radius 2 is 1.85 bits per heavy atom. The van der Waals surface area contributed by atoms with E-state index in [9.17, 15) is 0 Å². The van der Waals surface area contributed by atoms with Gasteiger partial charge in [-0.2, -0.15) is 0 Å². The maximum absolute atomic E-state index is 5.79. The topological polar surface area (TPSA) is 38.5 Å². The van der Waals surface area contributed by atoms with Crippen LogP contribution < -0.4 is 10.5 Å². The summed E-state index contributed by atoms with van der Waals surface area (Å²) in [4.78, 5) is 3.01. The molecule has 1 aromatic rings. The number of hydrogen-bond donors (Lipinski definition) is 1. The van der Waals surface area contributed by atoms with E-state index < -0.39 is 0 Å². The van der Waals surface area contributed by atoms with Crippen LogP contribution in [-0.2, 0) is 6.42 Å². The molecule has 20 heavy (non-hydrogen) atoms. The van der Waals surface area contributed by atoms with Crippen molar-refractivity contribution in [2.45, 2.75) is 20.3 Å². The monoisotopic (exact) mass is 292 g/mol. The molecule has 0 amide bonds. The zero-order chi connectivity index (χ0) is 14.5. The first-order valence-corrected chi connectivity index (χ1v) is 7.68. The second-order valence-electron chi connectivity index (χ2n) is 5.85. The Labute approximate surface area is 127 Å². The molecule has 0 aliphatic carbocycles. The van der Waals surface area contributed by atoms with Crippen LogP contribution in [0.2, 0.25) is 0 Å². The number of thiocarbonyl (C=S) groups is 1. The number of benzene rings is 1. The first kappa shape index (κ1) is 15.3. The van der Waals surface area contributed by atoms with Crippen molar-refractivity contribution in [1.82, 2.24) is 4.90 Å². The van der Waals surface area contributed by atoms with Gasteiger partial charge in [-0.3, -0.25) is 4.90 Å². The molecule has 0 spiro atoms. The average molecular weight is 292 g/mol. The van der Waals surface area contributed by atoms with Gasteiger partial charge < -0.3 is 10.5 Å². The van der Waals surface area contributed by atoms with Crippen LogP contribution in [0.15, 0.2) is 24.3 Å². The second kappa shape index (κ2) is 7.04. The summed E-state index contributed by atoms with van der Waals surface area (Å²) in [5.74, 6) is 2.51. The van der Waals surface area contributed by atoms with Crippen molar-refractivity contribution in [3.8, 4) is 5.75 Å². The molecule has 0 saturated carbocycles. The van der Waals surface area contributed by atoms with Crippen LogP contribution in [0.4, 0.5) is 0 Å². The zero-order valence-corrected chi connectivity index (χ0v) is 13.2. The van der Waals surface area contributed by atoms with Gasteiger partial charge in [0.25, 0.3) is 0 Å². The molecular formula is C16H24N2OS. The molecule has 1 aliphatic rings. The minimum atomic E-state index is 0.524. The Morgan fingerprint density at radius 3 is 2.40 bits per heavy atom. The van der Waals surface area contributed by atoms with E-state index in [2.05, 4.69) is 18.7 Å². The molecule has 3 nitrogen and oxygen atoms in total. The Balaban J connectivity index is 1.73. The van der Waals surface area contributed by atoms with Crippen LogP contribution in [0.3, 0.4) is 0 Å². The van der Waals surface area contributed by atoms with Crippen LogP contribution in [-0.4, -0.2) is 36.1 Å². The van der Waals surface area contributed by atoms with Crippen molar-refractivity contribution in [3.05, 3.63) is 29.8 Å². The largest absolute Gasteiger partial charge is 0.492 e. The van der Waals surface area contributed by atoms with E-state index in [1.165, 1.54) is 13.1 Å². The van der Waals surface area contributed by atoms with Gasteiger partial charge in [-0.15, -0.1) is 0 Å². The van der Waals surface area contributed by atoms with Crippen molar-refractivity contribution in [3.63, 3.8) is 0 Å². The molecule has 0 bridgehead atoms. The van der Waals surface area contributed by atoms with Crippen molar-refractivity contribution in [2.75, 3.05) is 26.2 Å². The Kier molecular flexibility index (Phi) is 5.38. The van der Waals surface area contributed by atoms with Gasteiger partial charge in [0.1, 0.15) is 12.4 Å². The van der Waals surface area contributed by atoms with Crippen LogP contribution in [0.5, 0.6) is 5.75 Å². The summed E-state index contributed by atoms with van der Waals surface area (Å²) in [7, 11) is 0. The van der Waals surface area contributed by atoms with E-state index in [1.807, 2.05) is 24.3 Å². The molecule has 1 saturated heterocycles. The molecule has 2 rings (SSSR count). The van der Waals surface area contributed by atoms with Gasteiger partial charge in [-0.05, 0) is 29.5 Å². The number of likely N-dealkylation sites (tertiary alicyclic amines) is 1. The van der Waals surface area contributed by atoms with E-state index >= 15 is 0 Å². The van der Waals surface area contributed by atoms with Crippen molar-refractivity contribution in [2.24, 2.45) is 17.6 Å². The maximum Gasteiger partial charge on any atom is 0.119 e. The molecular weight excluding hydrogens is 268 g/mol. The predicted molar refractivity (Wildman–Crippen MR) is 87.2 cm³/mol. The number of rotatable bonds is 6. The molecule has 1 aliphatic heterocycles. The van der Waals surface area contributed by atoms with Crippen molar-refractivity contribution < 1.29 is 4.74 Å². The van der Waals surface area contributed by atoms with Crippen LogP contribution >= 0.6 is 12.2 Å². The quantitative estimate of drug-likeness (QED) is 0.818. The van der Waals surface area contributed by atoms with Gasteiger partial charge in [-0.25, -0.2) is 0 Å². The standard InChI is InChI=1S/C16H24N2OS/c1-12-10-18(11-13(12)2)7-8-19-15-5-3-14(4-6-15)9-16(17)20/h3-6,12-13H,7-11H2,1-2H3,(H2,17,20). The molecule has 110 valence electrons. The van der Waals surface area contributed by atoms with Crippen LogP contribution in [0.1, 0.15) is 19.4 Å². The lowest BCUT2D eigenvalue weighted by Crippen LogP contribution is -2.26. The highest BCUT2D eigenvalue weighted by Crippen LogP contribution is 2.21. The third-order valence-corrected chi connectivity index (χ3v) is 4.19. The Hall–Kier alpha value is -1.13. The zero-order valence-electron chi connectivity index (χ0n) is 12.3. The highest BCUT2D eigenvalue weighted by molar-refractivity contribution is 7.80.